The smallest absolute Gasteiger partial charge is 0.164 e. The summed E-state index contributed by atoms with van der Waals surface area (Å²) in [7, 11) is 0. The van der Waals surface area contributed by atoms with Gasteiger partial charge in [0.15, 0.2) is 17.5 Å². The van der Waals surface area contributed by atoms with Crippen molar-refractivity contribution in [2.45, 2.75) is 0 Å². The van der Waals surface area contributed by atoms with Gasteiger partial charge in [-0.2, -0.15) is 0 Å². The van der Waals surface area contributed by atoms with Gasteiger partial charge in [0.1, 0.15) is 0 Å². The van der Waals surface area contributed by atoms with Gasteiger partial charge in [0.25, 0.3) is 0 Å². The Morgan fingerprint density at radius 3 is 1.61 bits per heavy atom. The van der Waals surface area contributed by atoms with Gasteiger partial charge in [0.2, 0.25) is 0 Å². The minimum atomic E-state index is 0.632. The molecule has 0 aliphatic rings. The highest BCUT2D eigenvalue weighted by Crippen LogP contribution is 2.41. The van der Waals surface area contributed by atoms with E-state index in [1.807, 2.05) is 28.7 Å². The molecule has 0 bridgehead atoms. The first-order valence-corrected chi connectivity index (χ1v) is 23.1. The van der Waals surface area contributed by atoms with E-state index in [4.69, 9.17) is 15.0 Å². The molecule has 13 rings (SSSR count). The van der Waals surface area contributed by atoms with Crippen LogP contribution in [0.5, 0.6) is 0 Å². The van der Waals surface area contributed by atoms with E-state index in [1.165, 1.54) is 67.8 Å². The second kappa shape index (κ2) is 14.9. The fourth-order valence-electron chi connectivity index (χ4n) is 9.24. The molecule has 0 aliphatic carbocycles. The third-order valence-electron chi connectivity index (χ3n) is 12.5. The van der Waals surface area contributed by atoms with Gasteiger partial charge in [-0.25, -0.2) is 15.0 Å². The average molecular weight is 850 g/mol. The summed E-state index contributed by atoms with van der Waals surface area (Å²) in [6.07, 6.45) is 0. The molecule has 0 radical (unpaired) electrons. The van der Waals surface area contributed by atoms with Gasteiger partial charge in [-0.15, -0.1) is 22.7 Å². The molecular weight excluding hydrogens is 815 g/mol. The van der Waals surface area contributed by atoms with Crippen LogP contribution in [0.3, 0.4) is 0 Å². The Labute approximate surface area is 377 Å². The van der Waals surface area contributed by atoms with Crippen LogP contribution in [0.15, 0.2) is 212 Å². The Hall–Kier alpha value is -7.83. The number of benzene rings is 10. The largest absolute Gasteiger partial charge is 0.208 e. The Balaban J connectivity index is 0.937. The van der Waals surface area contributed by atoms with E-state index in [0.717, 1.165) is 44.2 Å². The first-order chi connectivity index (χ1) is 31.6. The summed E-state index contributed by atoms with van der Waals surface area (Å²) in [6.45, 7) is 0. The lowest BCUT2D eigenvalue weighted by atomic mass is 9.95. The normalized spacial score (nSPS) is 11.8. The van der Waals surface area contributed by atoms with Crippen molar-refractivity contribution < 1.29 is 0 Å². The highest BCUT2D eigenvalue weighted by Gasteiger charge is 2.17. The first kappa shape index (κ1) is 36.8. The molecule has 0 saturated heterocycles. The van der Waals surface area contributed by atoms with Crippen molar-refractivity contribution >= 4 is 84.6 Å². The van der Waals surface area contributed by atoms with E-state index in [9.17, 15) is 0 Å². The lowest BCUT2D eigenvalue weighted by molar-refractivity contribution is 1.07. The average Bonchev–Trinajstić information content (AvgIpc) is 3.92. The molecule has 0 spiro atoms. The number of aromatic nitrogens is 3. The SMILES string of the molecule is c1ccc(-c2ccc(-c3nc(-c4cccc(-c5ccc6sc7ccccc7c6c5)c4)nc(-c4ccc5cccc(-c6ccc7c(c6)sc6cc8ccccc8cc67)c5c4)n3)cc2)cc1. The monoisotopic (exact) mass is 849 g/mol. The van der Waals surface area contributed by atoms with Crippen molar-refractivity contribution in [1.82, 2.24) is 15.0 Å². The quantitative estimate of drug-likeness (QED) is 0.167. The zero-order chi connectivity index (χ0) is 42.1. The van der Waals surface area contributed by atoms with Crippen LogP contribution in [0, 0.1) is 0 Å². The number of thiophene rings is 2. The van der Waals surface area contributed by atoms with E-state index in [1.54, 1.807) is 0 Å². The first-order valence-electron chi connectivity index (χ1n) is 21.5. The molecule has 13 aromatic rings. The molecule has 5 heteroatoms. The molecule has 298 valence electrons. The predicted octanol–water partition coefficient (Wildman–Crippen LogP) is 16.9. The number of fused-ring (bicyclic) bond motifs is 8. The summed E-state index contributed by atoms with van der Waals surface area (Å²) in [5.41, 5.74) is 9.76. The van der Waals surface area contributed by atoms with Crippen LogP contribution in [0.4, 0.5) is 0 Å². The fraction of sp³-hybridized carbons (Fsp3) is 0. The Bertz CT molecular complexity index is 3960. The Kier molecular flexibility index (Phi) is 8.58. The zero-order valence-electron chi connectivity index (χ0n) is 34.4. The van der Waals surface area contributed by atoms with Crippen molar-refractivity contribution in [1.29, 1.82) is 0 Å². The molecule has 0 amide bonds. The van der Waals surface area contributed by atoms with Gasteiger partial charge < -0.3 is 0 Å². The molecular formula is C59H35N3S2. The number of hydrogen-bond donors (Lipinski definition) is 0. The summed E-state index contributed by atoms with van der Waals surface area (Å²) in [4.78, 5) is 15.7. The van der Waals surface area contributed by atoms with Crippen LogP contribution in [-0.2, 0) is 0 Å². The second-order valence-electron chi connectivity index (χ2n) is 16.4. The predicted molar refractivity (Wildman–Crippen MR) is 273 cm³/mol. The molecule has 3 aromatic heterocycles. The zero-order valence-corrected chi connectivity index (χ0v) is 36.0. The summed E-state index contributed by atoms with van der Waals surface area (Å²) in [6, 6.07) is 76.4. The highest BCUT2D eigenvalue weighted by atomic mass is 32.1. The summed E-state index contributed by atoms with van der Waals surface area (Å²) in [5, 5.41) is 10.0. The van der Waals surface area contributed by atoms with Crippen LogP contribution in [-0.4, -0.2) is 15.0 Å². The van der Waals surface area contributed by atoms with Gasteiger partial charge in [0, 0.05) is 57.0 Å². The minimum absolute atomic E-state index is 0.632. The summed E-state index contributed by atoms with van der Waals surface area (Å²) < 4.78 is 5.19. The van der Waals surface area contributed by atoms with Crippen molar-refractivity contribution in [3.63, 3.8) is 0 Å². The van der Waals surface area contributed by atoms with E-state index in [2.05, 4.69) is 206 Å². The third kappa shape index (κ3) is 6.36. The van der Waals surface area contributed by atoms with Crippen LogP contribution >= 0.6 is 22.7 Å². The van der Waals surface area contributed by atoms with Crippen LogP contribution < -0.4 is 0 Å². The van der Waals surface area contributed by atoms with Crippen LogP contribution in [0.1, 0.15) is 0 Å². The van der Waals surface area contributed by atoms with E-state index < -0.39 is 0 Å². The van der Waals surface area contributed by atoms with Gasteiger partial charge in [-0.1, -0.05) is 164 Å². The van der Waals surface area contributed by atoms with Crippen molar-refractivity contribution in [3.8, 4) is 67.5 Å². The summed E-state index contributed by atoms with van der Waals surface area (Å²) >= 11 is 3.70. The molecule has 0 fully saturated rings. The maximum atomic E-state index is 5.26. The third-order valence-corrected chi connectivity index (χ3v) is 14.8. The molecule has 0 N–H and O–H groups in total. The number of nitrogens with zero attached hydrogens (tertiary/aromatic N) is 3. The Morgan fingerprint density at radius 2 is 0.750 bits per heavy atom. The lowest BCUT2D eigenvalue weighted by Crippen LogP contribution is -2.00. The molecule has 3 heterocycles. The Morgan fingerprint density at radius 1 is 0.234 bits per heavy atom. The highest BCUT2D eigenvalue weighted by molar-refractivity contribution is 7.26. The van der Waals surface area contributed by atoms with Crippen molar-refractivity contribution in [3.05, 3.63) is 212 Å². The summed E-state index contributed by atoms with van der Waals surface area (Å²) in [5.74, 6) is 1.90. The van der Waals surface area contributed by atoms with Gasteiger partial charge in [0.05, 0.1) is 0 Å². The fourth-order valence-corrected chi connectivity index (χ4v) is 11.5. The molecule has 0 unspecified atom stereocenters. The van der Waals surface area contributed by atoms with E-state index in [0.29, 0.717) is 17.5 Å². The molecule has 0 atom stereocenters. The number of hydrogen-bond acceptors (Lipinski definition) is 5. The molecule has 0 aliphatic heterocycles. The maximum Gasteiger partial charge on any atom is 0.164 e. The van der Waals surface area contributed by atoms with E-state index >= 15 is 0 Å². The molecule has 0 saturated carbocycles. The standard InChI is InChI=1S/C59H35N3S2/c1-2-10-36(11-3-1)37-20-23-39(24-21-37)57-60-58(45-16-8-15-40(30-45)43-27-29-54-51(32-43)48-17-6-7-19-53(48)63-54)62-59(61-57)46-25-22-38-14-9-18-47(50(38)33-46)44-26-28-49-52-31-41-12-4-5-13-42(41)34-56(52)64-55(49)35-44/h1-35H. The number of rotatable bonds is 6. The van der Waals surface area contributed by atoms with Crippen LogP contribution in [0.2, 0.25) is 0 Å². The minimum Gasteiger partial charge on any atom is -0.208 e. The second-order valence-corrected chi connectivity index (χ2v) is 18.6. The van der Waals surface area contributed by atoms with Crippen molar-refractivity contribution in [2.75, 3.05) is 0 Å². The van der Waals surface area contributed by atoms with Crippen LogP contribution in [0.25, 0.3) is 129 Å². The topological polar surface area (TPSA) is 38.7 Å². The molecule has 10 aromatic carbocycles. The van der Waals surface area contributed by atoms with Gasteiger partial charge >= 0.3 is 0 Å². The van der Waals surface area contributed by atoms with Gasteiger partial charge in [-0.3, -0.25) is 0 Å². The van der Waals surface area contributed by atoms with E-state index in [-0.39, 0.29) is 0 Å². The van der Waals surface area contributed by atoms with Crippen molar-refractivity contribution in [2.24, 2.45) is 0 Å². The maximum absolute atomic E-state index is 5.26. The molecule has 3 nitrogen and oxygen atoms in total. The molecule has 64 heavy (non-hydrogen) atoms. The van der Waals surface area contributed by atoms with Gasteiger partial charge in [-0.05, 0) is 103 Å². The lowest BCUT2D eigenvalue weighted by Gasteiger charge is -2.12.